The number of hydrogen-bond donors (Lipinski definition) is 0. The van der Waals surface area contributed by atoms with Crippen molar-refractivity contribution in [2.75, 3.05) is 13.1 Å². The predicted molar refractivity (Wildman–Crippen MR) is 82.4 cm³/mol. The summed E-state index contributed by atoms with van der Waals surface area (Å²) < 4.78 is 1.83. The lowest BCUT2D eigenvalue weighted by Crippen LogP contribution is -2.39. The summed E-state index contributed by atoms with van der Waals surface area (Å²) >= 11 is 0. The number of carbonyl (C=O) groups excluding carboxylic acids is 1. The smallest absolute Gasteiger partial charge is 0.274 e. The van der Waals surface area contributed by atoms with Crippen molar-refractivity contribution in [1.82, 2.24) is 24.6 Å². The number of nitrogens with zero attached hydrogens (tertiary/aromatic N) is 5. The van der Waals surface area contributed by atoms with Crippen LogP contribution in [0.1, 0.15) is 48.3 Å². The van der Waals surface area contributed by atoms with Crippen LogP contribution in [0.15, 0.2) is 30.9 Å². The molecule has 0 N–H and O–H groups in total. The van der Waals surface area contributed by atoms with E-state index in [2.05, 4.69) is 22.0 Å². The zero-order valence-electron chi connectivity index (χ0n) is 12.9. The Morgan fingerprint density at radius 2 is 2.32 bits per heavy atom. The summed E-state index contributed by atoms with van der Waals surface area (Å²) in [6, 6.07) is 1.81. The SMILES string of the molecule is CCCn1ccc(C(=O)N2CCCC(c3cnccn3)C2)n1. The minimum absolute atomic E-state index is 0.0171. The van der Waals surface area contributed by atoms with Crippen molar-refractivity contribution in [1.29, 1.82) is 0 Å². The second kappa shape index (κ2) is 6.68. The van der Waals surface area contributed by atoms with E-state index in [4.69, 9.17) is 0 Å². The van der Waals surface area contributed by atoms with Gasteiger partial charge in [0.25, 0.3) is 5.91 Å². The van der Waals surface area contributed by atoms with Crippen LogP contribution >= 0.6 is 0 Å². The summed E-state index contributed by atoms with van der Waals surface area (Å²) in [7, 11) is 0. The first kappa shape index (κ1) is 14.7. The van der Waals surface area contributed by atoms with Crippen LogP contribution in [0.2, 0.25) is 0 Å². The van der Waals surface area contributed by atoms with Crippen molar-refractivity contribution >= 4 is 5.91 Å². The molecule has 6 nitrogen and oxygen atoms in total. The molecule has 3 heterocycles. The molecular formula is C16H21N5O. The lowest BCUT2D eigenvalue weighted by atomic mass is 9.95. The molecule has 1 saturated heterocycles. The average molecular weight is 299 g/mol. The molecule has 116 valence electrons. The highest BCUT2D eigenvalue weighted by atomic mass is 16.2. The molecular weight excluding hydrogens is 278 g/mol. The molecule has 0 bridgehead atoms. The van der Waals surface area contributed by atoms with Crippen molar-refractivity contribution in [2.45, 2.75) is 38.6 Å². The van der Waals surface area contributed by atoms with Crippen molar-refractivity contribution in [3.8, 4) is 0 Å². The molecule has 0 aliphatic carbocycles. The first-order valence-corrected chi connectivity index (χ1v) is 7.86. The molecule has 1 unspecified atom stereocenters. The van der Waals surface area contributed by atoms with E-state index in [-0.39, 0.29) is 11.8 Å². The van der Waals surface area contributed by atoms with Crippen LogP contribution < -0.4 is 0 Å². The first-order chi connectivity index (χ1) is 10.8. The van der Waals surface area contributed by atoms with Gasteiger partial charge in [0.1, 0.15) is 5.69 Å². The predicted octanol–water partition coefficient (Wildman–Crippen LogP) is 2.10. The summed E-state index contributed by atoms with van der Waals surface area (Å²) in [5, 5.41) is 4.37. The minimum atomic E-state index is 0.0171. The minimum Gasteiger partial charge on any atom is -0.337 e. The summed E-state index contributed by atoms with van der Waals surface area (Å²) in [6.45, 7) is 4.42. The molecule has 1 atom stereocenters. The Kier molecular flexibility index (Phi) is 4.46. The van der Waals surface area contributed by atoms with Crippen LogP contribution in [0.25, 0.3) is 0 Å². The van der Waals surface area contributed by atoms with Crippen molar-refractivity contribution < 1.29 is 4.79 Å². The van der Waals surface area contributed by atoms with E-state index in [0.717, 1.165) is 38.0 Å². The van der Waals surface area contributed by atoms with E-state index in [1.54, 1.807) is 18.6 Å². The quantitative estimate of drug-likeness (QED) is 0.867. The van der Waals surface area contributed by atoms with Gasteiger partial charge in [-0.2, -0.15) is 5.10 Å². The largest absolute Gasteiger partial charge is 0.337 e. The van der Waals surface area contributed by atoms with Gasteiger partial charge in [0.15, 0.2) is 0 Å². The van der Waals surface area contributed by atoms with Gasteiger partial charge in [-0.3, -0.25) is 19.4 Å². The zero-order valence-corrected chi connectivity index (χ0v) is 12.9. The molecule has 6 heteroatoms. The maximum absolute atomic E-state index is 12.6. The van der Waals surface area contributed by atoms with Gasteiger partial charge in [-0.05, 0) is 25.3 Å². The Labute approximate surface area is 130 Å². The number of hydrogen-bond acceptors (Lipinski definition) is 4. The van der Waals surface area contributed by atoms with Gasteiger partial charge in [-0.25, -0.2) is 0 Å². The number of carbonyl (C=O) groups is 1. The second-order valence-corrected chi connectivity index (χ2v) is 5.68. The molecule has 0 spiro atoms. The fraction of sp³-hybridized carbons (Fsp3) is 0.500. The molecule has 2 aromatic rings. The van der Waals surface area contributed by atoms with E-state index in [0.29, 0.717) is 12.2 Å². The van der Waals surface area contributed by atoms with Crippen molar-refractivity contribution in [2.24, 2.45) is 0 Å². The Balaban J connectivity index is 1.69. The third kappa shape index (κ3) is 3.16. The number of rotatable bonds is 4. The van der Waals surface area contributed by atoms with Crippen molar-refractivity contribution in [3.63, 3.8) is 0 Å². The summed E-state index contributed by atoms with van der Waals surface area (Å²) in [4.78, 5) is 23.0. The summed E-state index contributed by atoms with van der Waals surface area (Å²) in [6.07, 6.45) is 10.1. The number of aryl methyl sites for hydroxylation is 1. The Morgan fingerprint density at radius 3 is 3.09 bits per heavy atom. The standard InChI is InChI=1S/C16H21N5O/c1-2-8-21-10-5-14(19-21)16(22)20-9-3-4-13(12-20)15-11-17-6-7-18-15/h5-7,10-11,13H,2-4,8-9,12H2,1H3. The topological polar surface area (TPSA) is 63.9 Å². The number of amides is 1. The normalized spacial score (nSPS) is 18.4. The van der Waals surface area contributed by atoms with Gasteiger partial charge < -0.3 is 4.90 Å². The van der Waals surface area contributed by atoms with E-state index >= 15 is 0 Å². The van der Waals surface area contributed by atoms with Crippen LogP contribution in [0, 0.1) is 0 Å². The molecule has 1 amide bonds. The molecule has 0 aromatic carbocycles. The Bertz CT molecular complexity index is 624. The molecule has 1 aliphatic heterocycles. The fourth-order valence-electron chi connectivity index (χ4n) is 2.92. The van der Waals surface area contributed by atoms with E-state index in [1.165, 1.54) is 0 Å². The maximum atomic E-state index is 12.6. The van der Waals surface area contributed by atoms with Crippen LogP contribution in [0.3, 0.4) is 0 Å². The average Bonchev–Trinajstić information content (AvgIpc) is 3.04. The number of piperidine rings is 1. The monoisotopic (exact) mass is 299 g/mol. The fourth-order valence-corrected chi connectivity index (χ4v) is 2.92. The van der Waals surface area contributed by atoms with Gasteiger partial charge in [-0.15, -0.1) is 0 Å². The molecule has 1 aliphatic rings. The maximum Gasteiger partial charge on any atom is 0.274 e. The number of aromatic nitrogens is 4. The van der Waals surface area contributed by atoms with Crippen LogP contribution in [0.4, 0.5) is 0 Å². The molecule has 3 rings (SSSR count). The molecule has 0 saturated carbocycles. The lowest BCUT2D eigenvalue weighted by molar-refractivity contribution is 0.0698. The van der Waals surface area contributed by atoms with Crippen LogP contribution in [-0.4, -0.2) is 43.6 Å². The molecule has 22 heavy (non-hydrogen) atoms. The van der Waals surface area contributed by atoms with E-state index in [9.17, 15) is 4.79 Å². The van der Waals surface area contributed by atoms with Gasteiger partial charge in [0.2, 0.25) is 0 Å². The second-order valence-electron chi connectivity index (χ2n) is 5.68. The zero-order chi connectivity index (χ0) is 15.4. The van der Waals surface area contributed by atoms with Gasteiger partial charge in [0.05, 0.1) is 5.69 Å². The van der Waals surface area contributed by atoms with E-state index in [1.807, 2.05) is 21.8 Å². The molecule has 0 radical (unpaired) electrons. The molecule has 2 aromatic heterocycles. The van der Waals surface area contributed by atoms with Crippen LogP contribution in [0.5, 0.6) is 0 Å². The van der Waals surface area contributed by atoms with Gasteiger partial charge in [0, 0.05) is 50.3 Å². The highest BCUT2D eigenvalue weighted by molar-refractivity contribution is 5.92. The Hall–Kier alpha value is -2.24. The van der Waals surface area contributed by atoms with Crippen LogP contribution in [-0.2, 0) is 6.54 Å². The van der Waals surface area contributed by atoms with E-state index < -0.39 is 0 Å². The number of likely N-dealkylation sites (tertiary alicyclic amines) is 1. The highest BCUT2D eigenvalue weighted by Gasteiger charge is 2.27. The third-order valence-electron chi connectivity index (χ3n) is 4.02. The van der Waals surface area contributed by atoms with Gasteiger partial charge in [-0.1, -0.05) is 6.92 Å². The third-order valence-corrected chi connectivity index (χ3v) is 4.02. The van der Waals surface area contributed by atoms with Gasteiger partial charge >= 0.3 is 0 Å². The van der Waals surface area contributed by atoms with Crippen molar-refractivity contribution in [3.05, 3.63) is 42.2 Å². The summed E-state index contributed by atoms with van der Waals surface area (Å²) in [5.74, 6) is 0.285. The lowest BCUT2D eigenvalue weighted by Gasteiger charge is -2.31. The highest BCUT2D eigenvalue weighted by Crippen LogP contribution is 2.25. The molecule has 1 fully saturated rings. The summed E-state index contributed by atoms with van der Waals surface area (Å²) in [5.41, 5.74) is 1.50. The first-order valence-electron chi connectivity index (χ1n) is 7.86. The Morgan fingerprint density at radius 1 is 1.41 bits per heavy atom.